The van der Waals surface area contributed by atoms with E-state index in [1.54, 1.807) is 0 Å². The van der Waals surface area contributed by atoms with Crippen LogP contribution in [0.5, 0.6) is 0 Å². The molecule has 29 heavy (non-hydrogen) atoms. The van der Waals surface area contributed by atoms with E-state index in [0.717, 1.165) is 22.6 Å². The molecule has 1 amide bonds. The Morgan fingerprint density at radius 2 is 1.69 bits per heavy atom. The number of hydrogen-bond acceptors (Lipinski definition) is 3. The highest BCUT2D eigenvalue weighted by Gasteiger charge is 2.35. The zero-order valence-corrected chi connectivity index (χ0v) is 16.2. The van der Waals surface area contributed by atoms with Gasteiger partial charge in [-0.25, -0.2) is 4.79 Å². The van der Waals surface area contributed by atoms with E-state index in [1.807, 2.05) is 73.7 Å². The molecule has 0 radical (unpaired) electrons. The molecule has 1 atom stereocenters. The van der Waals surface area contributed by atoms with Crippen molar-refractivity contribution in [3.05, 3.63) is 78.0 Å². The van der Waals surface area contributed by atoms with Crippen molar-refractivity contribution in [2.75, 3.05) is 19.6 Å². The van der Waals surface area contributed by atoms with E-state index in [0.29, 0.717) is 25.2 Å². The smallest absolute Gasteiger partial charge is 0.408 e. The van der Waals surface area contributed by atoms with Gasteiger partial charge in [0, 0.05) is 36.6 Å². The third-order valence-electron chi connectivity index (χ3n) is 5.30. The van der Waals surface area contributed by atoms with Crippen LogP contribution in [0.3, 0.4) is 0 Å². The predicted octanol–water partition coefficient (Wildman–Crippen LogP) is 3.59. The van der Waals surface area contributed by atoms with Crippen molar-refractivity contribution >= 4 is 11.9 Å². The number of nitrogens with one attached hydrogen (secondary N) is 1. The number of aryl methyl sites for hydroxylation is 1. The van der Waals surface area contributed by atoms with E-state index >= 15 is 0 Å². The van der Waals surface area contributed by atoms with Crippen LogP contribution < -0.4 is 5.32 Å². The van der Waals surface area contributed by atoms with E-state index < -0.39 is 12.1 Å². The molecule has 2 aromatic carbocycles. The summed E-state index contributed by atoms with van der Waals surface area (Å²) in [5, 5.41) is 12.7. The van der Waals surface area contributed by atoms with Gasteiger partial charge < -0.3 is 15.0 Å². The highest BCUT2D eigenvalue weighted by molar-refractivity contribution is 6.06. The number of aromatic nitrogens is 1. The molecule has 1 aliphatic rings. The molecule has 1 saturated heterocycles. The number of benzene rings is 2. The standard InChI is InChI=1S/C23H23N3O3/c1-16-14-19(22(27)20-15-24-12-13-25(20)23(28)29)21(17-8-4-2-5-9-17)26(16)18-10-6-3-7-11-18/h2-11,14,20,24H,12-13,15H2,1H3,(H,28,29). The van der Waals surface area contributed by atoms with Crippen molar-refractivity contribution in [2.24, 2.45) is 0 Å². The van der Waals surface area contributed by atoms with Gasteiger partial charge in [0.25, 0.3) is 0 Å². The third-order valence-corrected chi connectivity index (χ3v) is 5.30. The van der Waals surface area contributed by atoms with Gasteiger partial charge in [-0.1, -0.05) is 48.5 Å². The molecule has 3 aromatic rings. The molecule has 2 N–H and O–H groups in total. The van der Waals surface area contributed by atoms with Crippen LogP contribution >= 0.6 is 0 Å². The lowest BCUT2D eigenvalue weighted by Gasteiger charge is -2.33. The fraction of sp³-hybridized carbons (Fsp3) is 0.217. The van der Waals surface area contributed by atoms with Crippen LogP contribution in [-0.2, 0) is 0 Å². The SMILES string of the molecule is Cc1cc(C(=O)C2CNCCN2C(=O)O)c(-c2ccccc2)n1-c1ccccc1. The van der Waals surface area contributed by atoms with Gasteiger partial charge in [-0.2, -0.15) is 0 Å². The van der Waals surface area contributed by atoms with Crippen LogP contribution in [0, 0.1) is 6.92 Å². The normalized spacial score (nSPS) is 16.6. The summed E-state index contributed by atoms with van der Waals surface area (Å²) >= 11 is 0. The lowest BCUT2D eigenvalue weighted by Crippen LogP contribution is -2.56. The van der Waals surface area contributed by atoms with Gasteiger partial charge >= 0.3 is 6.09 Å². The van der Waals surface area contributed by atoms with Crippen LogP contribution in [-0.4, -0.2) is 52.1 Å². The first-order chi connectivity index (χ1) is 14.1. The van der Waals surface area contributed by atoms with E-state index in [9.17, 15) is 14.7 Å². The zero-order valence-electron chi connectivity index (χ0n) is 16.2. The summed E-state index contributed by atoms with van der Waals surface area (Å²) in [4.78, 5) is 26.5. The van der Waals surface area contributed by atoms with Gasteiger partial charge in [-0.05, 0) is 30.7 Å². The van der Waals surface area contributed by atoms with Crippen LogP contribution in [0.4, 0.5) is 4.79 Å². The number of Topliss-reactive ketones (excluding diaryl/α,β-unsaturated/α-hetero) is 1. The highest BCUT2D eigenvalue weighted by Crippen LogP contribution is 2.32. The number of piperazine rings is 1. The highest BCUT2D eigenvalue weighted by atomic mass is 16.4. The molecule has 1 fully saturated rings. The topological polar surface area (TPSA) is 74.6 Å². The Labute approximate surface area is 169 Å². The Balaban J connectivity index is 1.88. The minimum atomic E-state index is -1.06. The Bertz CT molecular complexity index is 1030. The number of amides is 1. The molecular formula is C23H23N3O3. The van der Waals surface area contributed by atoms with Gasteiger partial charge in [-0.15, -0.1) is 0 Å². The second kappa shape index (κ2) is 7.93. The number of rotatable bonds is 4. The van der Waals surface area contributed by atoms with Crippen LogP contribution in [0.15, 0.2) is 66.7 Å². The molecule has 148 valence electrons. The molecule has 1 aromatic heterocycles. The molecule has 0 aliphatic carbocycles. The number of carboxylic acid groups (broad SMARTS) is 1. The fourth-order valence-electron chi connectivity index (χ4n) is 3.96. The Kier molecular flexibility index (Phi) is 5.18. The Morgan fingerprint density at radius 1 is 1.03 bits per heavy atom. The maximum absolute atomic E-state index is 13.5. The van der Waals surface area contributed by atoms with Gasteiger partial charge in [0.1, 0.15) is 6.04 Å². The number of carbonyl (C=O) groups is 2. The molecule has 6 nitrogen and oxygen atoms in total. The number of nitrogens with zero attached hydrogens (tertiary/aromatic N) is 2. The van der Waals surface area contributed by atoms with E-state index in [2.05, 4.69) is 9.88 Å². The van der Waals surface area contributed by atoms with Crippen molar-refractivity contribution in [3.8, 4) is 16.9 Å². The lowest BCUT2D eigenvalue weighted by molar-refractivity contribution is 0.0741. The molecule has 0 bridgehead atoms. The Hall–Kier alpha value is -3.38. The molecule has 0 spiro atoms. The maximum atomic E-state index is 13.5. The second-order valence-electron chi connectivity index (χ2n) is 7.15. The number of para-hydroxylation sites is 1. The number of ketones is 1. The van der Waals surface area contributed by atoms with E-state index in [-0.39, 0.29) is 5.78 Å². The summed E-state index contributed by atoms with van der Waals surface area (Å²) in [7, 11) is 0. The summed E-state index contributed by atoms with van der Waals surface area (Å²) in [6.07, 6.45) is -1.06. The monoisotopic (exact) mass is 389 g/mol. The molecule has 1 unspecified atom stereocenters. The van der Waals surface area contributed by atoms with Crippen LogP contribution in [0.1, 0.15) is 16.1 Å². The van der Waals surface area contributed by atoms with Crippen molar-refractivity contribution in [1.29, 1.82) is 0 Å². The maximum Gasteiger partial charge on any atom is 0.408 e. The van der Waals surface area contributed by atoms with Gasteiger partial charge in [0.05, 0.1) is 5.69 Å². The predicted molar refractivity (Wildman–Crippen MR) is 112 cm³/mol. The van der Waals surface area contributed by atoms with E-state index in [4.69, 9.17) is 0 Å². The lowest BCUT2D eigenvalue weighted by atomic mass is 9.98. The first kappa shape index (κ1) is 19.0. The zero-order chi connectivity index (χ0) is 20.4. The molecule has 0 saturated carbocycles. The van der Waals surface area contributed by atoms with Gasteiger partial charge in [0.15, 0.2) is 5.78 Å². The average molecular weight is 389 g/mol. The largest absolute Gasteiger partial charge is 0.465 e. The summed E-state index contributed by atoms with van der Waals surface area (Å²) in [6.45, 7) is 3.12. The van der Waals surface area contributed by atoms with Crippen LogP contribution in [0.25, 0.3) is 16.9 Å². The van der Waals surface area contributed by atoms with Crippen molar-refractivity contribution in [3.63, 3.8) is 0 Å². The molecule has 1 aliphatic heterocycles. The first-order valence-corrected chi connectivity index (χ1v) is 9.65. The number of hydrogen-bond donors (Lipinski definition) is 2. The van der Waals surface area contributed by atoms with Crippen LogP contribution in [0.2, 0.25) is 0 Å². The summed E-state index contributed by atoms with van der Waals surface area (Å²) in [6, 6.07) is 20.8. The van der Waals surface area contributed by atoms with Crippen molar-refractivity contribution < 1.29 is 14.7 Å². The minimum Gasteiger partial charge on any atom is -0.465 e. The summed E-state index contributed by atoms with van der Waals surface area (Å²) < 4.78 is 2.06. The van der Waals surface area contributed by atoms with E-state index in [1.165, 1.54) is 4.90 Å². The second-order valence-corrected chi connectivity index (χ2v) is 7.15. The number of carbonyl (C=O) groups excluding carboxylic acids is 1. The summed E-state index contributed by atoms with van der Waals surface area (Å²) in [5.74, 6) is -0.184. The third kappa shape index (κ3) is 3.54. The van der Waals surface area contributed by atoms with Gasteiger partial charge in [-0.3, -0.25) is 9.69 Å². The molecule has 2 heterocycles. The first-order valence-electron chi connectivity index (χ1n) is 9.65. The molecule has 6 heteroatoms. The van der Waals surface area contributed by atoms with Gasteiger partial charge in [0.2, 0.25) is 0 Å². The fourth-order valence-corrected chi connectivity index (χ4v) is 3.96. The minimum absolute atomic E-state index is 0.184. The molecular weight excluding hydrogens is 366 g/mol. The quantitative estimate of drug-likeness (QED) is 0.669. The van der Waals surface area contributed by atoms with Crippen molar-refractivity contribution in [1.82, 2.24) is 14.8 Å². The average Bonchev–Trinajstić information content (AvgIpc) is 3.11. The molecule has 4 rings (SSSR count). The Morgan fingerprint density at radius 3 is 2.34 bits per heavy atom. The summed E-state index contributed by atoms with van der Waals surface area (Å²) in [5.41, 5.74) is 4.12. The van der Waals surface area contributed by atoms with Crippen molar-refractivity contribution in [2.45, 2.75) is 13.0 Å².